The molecule has 2 aromatic carbocycles. The van der Waals surface area contributed by atoms with Crippen molar-refractivity contribution in [3.8, 4) is 0 Å². The number of rotatable bonds is 31. The van der Waals surface area contributed by atoms with Crippen molar-refractivity contribution in [2.45, 2.75) is 153 Å². The van der Waals surface area contributed by atoms with Crippen LogP contribution >= 0.6 is 49.0 Å². The van der Waals surface area contributed by atoms with E-state index < -0.39 is 0 Å². The van der Waals surface area contributed by atoms with Crippen molar-refractivity contribution in [3.05, 3.63) is 71.8 Å². The zero-order valence-corrected chi connectivity index (χ0v) is 33.2. The topological polar surface area (TPSA) is 0 Å². The normalized spacial score (nSPS) is 13.4. The maximum Gasteiger partial charge on any atom is 0.00998 e. The largest absolute Gasteiger partial charge is 0.118 e. The Balaban J connectivity index is 1.22. The average molecular weight is 769 g/mol. The molecular weight excluding hydrogens is 702 g/mol. The minimum Gasteiger partial charge on any atom is -0.118 e. The SMILES string of the molecule is BrCC(Cc1ccccc1)PCCCCCCCCCCCCCCCCCCCCCCPC(CBr)Cc1ccccc1. The number of halogens is 2. The van der Waals surface area contributed by atoms with Gasteiger partial charge in [0.15, 0.2) is 0 Å². The summed E-state index contributed by atoms with van der Waals surface area (Å²) in [6.45, 7) is 0. The highest BCUT2D eigenvalue weighted by atomic mass is 79.9. The van der Waals surface area contributed by atoms with Gasteiger partial charge < -0.3 is 0 Å². The fraction of sp³-hybridized carbons (Fsp3) is 0.700. The second-order valence-electron chi connectivity index (χ2n) is 13.1. The Bertz CT molecular complexity index is 775. The zero-order chi connectivity index (χ0) is 31.2. The molecule has 0 saturated carbocycles. The molecular formula is C40H66Br2P2. The van der Waals surface area contributed by atoms with Gasteiger partial charge in [0.1, 0.15) is 0 Å². The molecule has 0 bridgehead atoms. The van der Waals surface area contributed by atoms with E-state index in [9.17, 15) is 0 Å². The van der Waals surface area contributed by atoms with Crippen molar-refractivity contribution >= 4 is 49.0 Å². The van der Waals surface area contributed by atoms with E-state index in [0.717, 1.165) is 39.1 Å². The predicted molar refractivity (Wildman–Crippen MR) is 214 cm³/mol. The summed E-state index contributed by atoms with van der Waals surface area (Å²) in [5.41, 5.74) is 4.64. The summed E-state index contributed by atoms with van der Waals surface area (Å²) >= 11 is 7.50. The number of unbranched alkanes of at least 4 members (excludes halogenated alkanes) is 19. The molecule has 44 heavy (non-hydrogen) atoms. The van der Waals surface area contributed by atoms with Crippen molar-refractivity contribution in [1.82, 2.24) is 0 Å². The van der Waals surface area contributed by atoms with Gasteiger partial charge in [-0.05, 0) is 60.5 Å². The van der Waals surface area contributed by atoms with Crippen LogP contribution in [-0.4, -0.2) is 34.3 Å². The Hall–Kier alpha value is 0.260. The van der Waals surface area contributed by atoms with Crippen LogP contribution in [0.3, 0.4) is 0 Å². The molecule has 0 aromatic heterocycles. The summed E-state index contributed by atoms with van der Waals surface area (Å²) in [5, 5.41) is 2.30. The second kappa shape index (κ2) is 30.6. The Morgan fingerprint density at radius 3 is 0.864 bits per heavy atom. The molecule has 4 atom stereocenters. The Morgan fingerprint density at radius 2 is 0.614 bits per heavy atom. The van der Waals surface area contributed by atoms with Gasteiger partial charge in [0, 0.05) is 10.7 Å². The van der Waals surface area contributed by atoms with Crippen LogP contribution in [0.25, 0.3) is 0 Å². The number of hydrogen-bond donors (Lipinski definition) is 0. The van der Waals surface area contributed by atoms with Crippen LogP contribution < -0.4 is 0 Å². The van der Waals surface area contributed by atoms with Gasteiger partial charge in [-0.25, -0.2) is 0 Å². The molecule has 0 N–H and O–H groups in total. The number of alkyl halides is 2. The van der Waals surface area contributed by atoms with Gasteiger partial charge in [-0.2, -0.15) is 0 Å². The van der Waals surface area contributed by atoms with Crippen molar-refractivity contribution in [3.63, 3.8) is 0 Å². The van der Waals surface area contributed by atoms with Gasteiger partial charge in [-0.1, -0.05) is 208 Å². The lowest BCUT2D eigenvalue weighted by Gasteiger charge is -2.14. The van der Waals surface area contributed by atoms with Gasteiger partial charge in [-0.3, -0.25) is 0 Å². The molecule has 0 saturated heterocycles. The highest BCUT2D eigenvalue weighted by molar-refractivity contribution is 9.09. The molecule has 2 rings (SSSR count). The first-order valence-corrected chi connectivity index (χ1v) is 23.3. The minimum absolute atomic E-state index is 0.821. The van der Waals surface area contributed by atoms with E-state index in [1.165, 1.54) is 165 Å². The molecule has 0 nitrogen and oxygen atoms in total. The Morgan fingerprint density at radius 1 is 0.364 bits per heavy atom. The van der Waals surface area contributed by atoms with Crippen LogP contribution in [0.2, 0.25) is 0 Å². The smallest absolute Gasteiger partial charge is 0.00998 e. The first kappa shape index (κ1) is 40.4. The summed E-state index contributed by atoms with van der Waals surface area (Å²) in [7, 11) is 2.21. The first-order valence-electron chi connectivity index (χ1n) is 18.5. The van der Waals surface area contributed by atoms with E-state index in [1.807, 2.05) is 0 Å². The molecule has 4 heteroatoms. The summed E-state index contributed by atoms with van der Waals surface area (Å²) in [5.74, 6) is 0. The van der Waals surface area contributed by atoms with Gasteiger partial charge in [0.25, 0.3) is 0 Å². The molecule has 0 heterocycles. The summed E-state index contributed by atoms with van der Waals surface area (Å²) in [6.07, 6.45) is 34.6. The van der Waals surface area contributed by atoms with Crippen LogP contribution in [0.15, 0.2) is 60.7 Å². The van der Waals surface area contributed by atoms with Crippen molar-refractivity contribution in [1.29, 1.82) is 0 Å². The maximum absolute atomic E-state index is 3.75. The standard InChI is InChI=1S/C40H66Br2P2/c41-35-39(33-37-27-21-19-22-28-37)43-31-25-17-15-13-11-9-7-5-3-1-2-4-6-8-10-12-14-16-18-26-32-44-40(36-42)34-38-29-23-20-24-30-38/h19-24,27-30,39-40,43-44H,1-18,25-26,31-36H2. The zero-order valence-electron chi connectivity index (χ0n) is 28.1. The van der Waals surface area contributed by atoms with E-state index in [2.05, 4.69) is 92.5 Å². The van der Waals surface area contributed by atoms with E-state index >= 15 is 0 Å². The molecule has 0 aliphatic carbocycles. The van der Waals surface area contributed by atoms with Crippen LogP contribution in [0.5, 0.6) is 0 Å². The molecule has 0 radical (unpaired) electrons. The second-order valence-corrected chi connectivity index (χ2v) is 17.8. The molecule has 0 spiro atoms. The van der Waals surface area contributed by atoms with Crippen LogP contribution in [0.1, 0.15) is 140 Å². The lowest BCUT2D eigenvalue weighted by molar-refractivity contribution is 0.523. The Labute approximate surface area is 294 Å². The van der Waals surface area contributed by atoms with Crippen molar-refractivity contribution < 1.29 is 0 Å². The quantitative estimate of drug-likeness (QED) is 0.0407. The predicted octanol–water partition coefficient (Wildman–Crippen LogP) is 14.2. The van der Waals surface area contributed by atoms with Crippen LogP contribution in [-0.2, 0) is 12.8 Å². The van der Waals surface area contributed by atoms with E-state index in [-0.39, 0.29) is 0 Å². The minimum atomic E-state index is 0.821. The fourth-order valence-electron chi connectivity index (χ4n) is 6.20. The van der Waals surface area contributed by atoms with Crippen molar-refractivity contribution in [2.24, 2.45) is 0 Å². The molecule has 0 aliphatic rings. The molecule has 0 fully saturated rings. The number of hydrogen-bond acceptors (Lipinski definition) is 0. The summed E-state index contributed by atoms with van der Waals surface area (Å²) in [6, 6.07) is 22.0. The van der Waals surface area contributed by atoms with E-state index in [1.54, 1.807) is 0 Å². The van der Waals surface area contributed by atoms with Crippen molar-refractivity contribution in [2.75, 3.05) is 23.0 Å². The van der Waals surface area contributed by atoms with Gasteiger partial charge >= 0.3 is 0 Å². The van der Waals surface area contributed by atoms with Gasteiger partial charge in [0.2, 0.25) is 0 Å². The average Bonchev–Trinajstić information content (AvgIpc) is 3.06. The summed E-state index contributed by atoms with van der Waals surface area (Å²) in [4.78, 5) is 0. The highest BCUT2D eigenvalue weighted by Crippen LogP contribution is 2.28. The van der Waals surface area contributed by atoms with E-state index in [0.29, 0.717) is 0 Å². The third-order valence-electron chi connectivity index (χ3n) is 8.99. The van der Waals surface area contributed by atoms with Gasteiger partial charge in [-0.15, -0.1) is 17.2 Å². The van der Waals surface area contributed by atoms with Gasteiger partial charge in [0.05, 0.1) is 0 Å². The highest BCUT2D eigenvalue weighted by Gasteiger charge is 2.09. The fourth-order valence-corrected chi connectivity index (χ4v) is 10.7. The first-order chi connectivity index (χ1) is 21.8. The Kier molecular flexibility index (Phi) is 28.1. The third-order valence-corrected chi connectivity index (χ3v) is 15.0. The third kappa shape index (κ3) is 23.6. The monoisotopic (exact) mass is 766 g/mol. The molecule has 0 aliphatic heterocycles. The number of benzene rings is 2. The van der Waals surface area contributed by atoms with Crippen LogP contribution in [0, 0.1) is 0 Å². The molecule has 4 unspecified atom stereocenters. The molecule has 250 valence electrons. The summed E-state index contributed by atoms with van der Waals surface area (Å²) < 4.78 is 0. The lowest BCUT2D eigenvalue weighted by atomic mass is 10.0. The van der Waals surface area contributed by atoms with E-state index in [4.69, 9.17) is 0 Å². The maximum atomic E-state index is 3.75. The molecule has 2 aromatic rings. The lowest BCUT2D eigenvalue weighted by Crippen LogP contribution is -2.07. The molecule has 0 amide bonds. The van der Waals surface area contributed by atoms with Crippen LogP contribution in [0.4, 0.5) is 0 Å².